The van der Waals surface area contributed by atoms with Crippen LogP contribution in [-0.4, -0.2) is 46.8 Å². The smallest absolute Gasteiger partial charge is 0.308 e. The standard InChI is InChI=1S/C27H34O8/c1-14(2)26(28)35-27(4)12-17-11-18(29-5)22(30-6)24(31-7)21(17)20-16(9-15(27)3)10-19-23(25(20)32-8)34-13-33-19/h10-11,14-15H,9,12-13H2,1-8H3/t15-,27-/m1/s1. The van der Waals surface area contributed by atoms with Gasteiger partial charge in [0.1, 0.15) is 5.60 Å². The Hall–Kier alpha value is -3.29. The van der Waals surface area contributed by atoms with E-state index in [4.69, 9.17) is 33.2 Å². The third kappa shape index (κ3) is 4.09. The van der Waals surface area contributed by atoms with E-state index in [9.17, 15) is 4.79 Å². The normalized spacial score (nSPS) is 20.3. The van der Waals surface area contributed by atoms with Gasteiger partial charge in [-0.3, -0.25) is 4.79 Å². The van der Waals surface area contributed by atoms with Crippen LogP contribution in [-0.2, 0) is 22.4 Å². The van der Waals surface area contributed by atoms with Crippen molar-refractivity contribution in [1.82, 2.24) is 0 Å². The predicted molar refractivity (Wildman–Crippen MR) is 130 cm³/mol. The van der Waals surface area contributed by atoms with Gasteiger partial charge in [-0.15, -0.1) is 0 Å². The SMILES string of the molecule is COc1cc2c(c(OC)c1OC)-c1c(cc3c(c1OC)OCO3)C[C@@H](C)[C@](C)(OC(=O)C(C)C)C2. The largest absolute Gasteiger partial charge is 0.493 e. The Kier molecular flexibility index (Phi) is 6.66. The van der Waals surface area contributed by atoms with E-state index in [2.05, 4.69) is 6.92 Å². The Morgan fingerprint density at radius 2 is 1.60 bits per heavy atom. The molecule has 0 saturated heterocycles. The van der Waals surface area contributed by atoms with Gasteiger partial charge < -0.3 is 33.2 Å². The second kappa shape index (κ2) is 9.40. The molecule has 1 aliphatic heterocycles. The summed E-state index contributed by atoms with van der Waals surface area (Å²) in [5.41, 5.74) is 2.69. The van der Waals surface area contributed by atoms with E-state index in [-0.39, 0.29) is 24.6 Å². The Morgan fingerprint density at radius 1 is 0.943 bits per heavy atom. The van der Waals surface area contributed by atoms with Crippen LogP contribution in [0.15, 0.2) is 12.1 Å². The van der Waals surface area contributed by atoms with Crippen LogP contribution >= 0.6 is 0 Å². The average Bonchev–Trinajstić information content (AvgIpc) is 3.29. The second-order valence-corrected chi connectivity index (χ2v) is 9.53. The first-order valence-corrected chi connectivity index (χ1v) is 11.7. The molecule has 0 radical (unpaired) electrons. The van der Waals surface area contributed by atoms with E-state index < -0.39 is 5.60 Å². The summed E-state index contributed by atoms with van der Waals surface area (Å²) in [4.78, 5) is 12.8. The maximum Gasteiger partial charge on any atom is 0.308 e. The summed E-state index contributed by atoms with van der Waals surface area (Å²) in [6, 6.07) is 3.90. The van der Waals surface area contributed by atoms with Gasteiger partial charge in [0, 0.05) is 23.5 Å². The number of hydrogen-bond donors (Lipinski definition) is 0. The first kappa shape index (κ1) is 24.8. The minimum atomic E-state index is -0.790. The van der Waals surface area contributed by atoms with Crippen molar-refractivity contribution in [2.75, 3.05) is 35.2 Å². The van der Waals surface area contributed by atoms with Crippen LogP contribution in [0.4, 0.5) is 0 Å². The number of methoxy groups -OCH3 is 4. The molecule has 0 aromatic heterocycles. The van der Waals surface area contributed by atoms with Crippen LogP contribution in [0, 0.1) is 11.8 Å². The maximum atomic E-state index is 12.8. The average molecular weight is 487 g/mol. The van der Waals surface area contributed by atoms with Crippen molar-refractivity contribution < 1.29 is 38.0 Å². The zero-order valence-corrected chi connectivity index (χ0v) is 21.7. The molecule has 1 heterocycles. The summed E-state index contributed by atoms with van der Waals surface area (Å²) in [5.74, 6) is 2.73. The number of carbonyl (C=O) groups excluding carboxylic acids is 1. The lowest BCUT2D eigenvalue weighted by Gasteiger charge is -2.39. The second-order valence-electron chi connectivity index (χ2n) is 9.53. The Bertz CT molecular complexity index is 1140. The van der Waals surface area contributed by atoms with Crippen LogP contribution in [0.2, 0.25) is 0 Å². The van der Waals surface area contributed by atoms with E-state index in [1.165, 1.54) is 0 Å². The summed E-state index contributed by atoms with van der Waals surface area (Å²) in [6.45, 7) is 7.87. The van der Waals surface area contributed by atoms with Crippen molar-refractivity contribution in [2.45, 2.75) is 46.1 Å². The van der Waals surface area contributed by atoms with Crippen LogP contribution in [0.25, 0.3) is 11.1 Å². The molecule has 8 heteroatoms. The van der Waals surface area contributed by atoms with Crippen molar-refractivity contribution >= 4 is 5.97 Å². The van der Waals surface area contributed by atoms with Gasteiger partial charge in [-0.1, -0.05) is 20.8 Å². The third-order valence-electron chi connectivity index (χ3n) is 6.98. The van der Waals surface area contributed by atoms with Gasteiger partial charge in [-0.25, -0.2) is 0 Å². The number of rotatable bonds is 6. The van der Waals surface area contributed by atoms with E-state index in [0.29, 0.717) is 47.3 Å². The molecule has 0 fully saturated rings. The predicted octanol–water partition coefficient (Wildman–Crippen LogP) is 4.81. The molecular weight excluding hydrogens is 452 g/mol. The summed E-state index contributed by atoms with van der Waals surface area (Å²) in [5, 5.41) is 0. The van der Waals surface area contributed by atoms with Crippen molar-refractivity contribution in [3.8, 4) is 45.6 Å². The molecule has 0 N–H and O–H groups in total. The molecule has 0 bridgehead atoms. The van der Waals surface area contributed by atoms with Crippen molar-refractivity contribution in [3.63, 3.8) is 0 Å². The first-order chi connectivity index (χ1) is 16.7. The van der Waals surface area contributed by atoms with Gasteiger partial charge >= 0.3 is 5.97 Å². The molecule has 0 unspecified atom stereocenters. The topological polar surface area (TPSA) is 81.7 Å². The fourth-order valence-electron chi connectivity index (χ4n) is 4.90. The Balaban J connectivity index is 2.07. The van der Waals surface area contributed by atoms with Gasteiger partial charge in [-0.05, 0) is 36.6 Å². The highest BCUT2D eigenvalue weighted by Crippen LogP contribution is 2.57. The van der Waals surface area contributed by atoms with Crippen LogP contribution in [0.3, 0.4) is 0 Å². The van der Waals surface area contributed by atoms with E-state index in [1.807, 2.05) is 32.9 Å². The van der Waals surface area contributed by atoms with E-state index >= 15 is 0 Å². The molecule has 0 saturated carbocycles. The molecule has 2 aromatic carbocycles. The molecule has 2 atom stereocenters. The Labute approximate surface area is 206 Å². The van der Waals surface area contributed by atoms with Crippen LogP contribution < -0.4 is 28.4 Å². The van der Waals surface area contributed by atoms with Crippen LogP contribution in [0.5, 0.6) is 34.5 Å². The molecule has 0 spiro atoms. The van der Waals surface area contributed by atoms with Crippen molar-refractivity contribution in [1.29, 1.82) is 0 Å². The molecule has 0 amide bonds. The molecule has 2 aliphatic rings. The zero-order valence-electron chi connectivity index (χ0n) is 21.7. The van der Waals surface area contributed by atoms with Crippen LogP contribution in [0.1, 0.15) is 38.8 Å². The highest BCUT2D eigenvalue weighted by atomic mass is 16.7. The van der Waals surface area contributed by atoms with E-state index in [1.54, 1.807) is 28.4 Å². The number of benzene rings is 2. The van der Waals surface area contributed by atoms with E-state index in [0.717, 1.165) is 22.3 Å². The zero-order chi connectivity index (χ0) is 25.5. The number of esters is 1. The Morgan fingerprint density at radius 3 is 2.20 bits per heavy atom. The van der Waals surface area contributed by atoms with Crippen molar-refractivity contribution in [2.24, 2.45) is 11.8 Å². The van der Waals surface area contributed by atoms with Gasteiger partial charge in [0.2, 0.25) is 18.3 Å². The number of fused-ring (bicyclic) bond motifs is 4. The minimum absolute atomic E-state index is 0.0266. The molecule has 8 nitrogen and oxygen atoms in total. The summed E-state index contributed by atoms with van der Waals surface area (Å²) in [7, 11) is 6.36. The summed E-state index contributed by atoms with van der Waals surface area (Å²) < 4.78 is 40.9. The maximum absolute atomic E-state index is 12.8. The molecule has 1 aliphatic carbocycles. The minimum Gasteiger partial charge on any atom is -0.493 e. The molecule has 190 valence electrons. The molecule has 2 aromatic rings. The van der Waals surface area contributed by atoms with Gasteiger partial charge in [0.25, 0.3) is 0 Å². The number of hydrogen-bond acceptors (Lipinski definition) is 8. The fraction of sp³-hybridized carbons (Fsp3) is 0.519. The lowest BCUT2D eigenvalue weighted by atomic mass is 9.74. The molecular formula is C27H34O8. The van der Waals surface area contributed by atoms with Gasteiger partial charge in [0.15, 0.2) is 23.0 Å². The summed E-state index contributed by atoms with van der Waals surface area (Å²) in [6.07, 6.45) is 1.05. The lowest BCUT2D eigenvalue weighted by Crippen LogP contribution is -2.43. The van der Waals surface area contributed by atoms with Gasteiger partial charge in [0.05, 0.1) is 34.4 Å². The summed E-state index contributed by atoms with van der Waals surface area (Å²) >= 11 is 0. The number of ether oxygens (including phenoxy) is 7. The monoisotopic (exact) mass is 486 g/mol. The highest BCUT2D eigenvalue weighted by molar-refractivity contribution is 5.88. The molecule has 4 rings (SSSR count). The quantitative estimate of drug-likeness (QED) is 0.538. The third-order valence-corrected chi connectivity index (χ3v) is 6.98. The highest BCUT2D eigenvalue weighted by Gasteiger charge is 2.42. The molecule has 35 heavy (non-hydrogen) atoms. The fourth-order valence-corrected chi connectivity index (χ4v) is 4.90. The van der Waals surface area contributed by atoms with Crippen molar-refractivity contribution in [3.05, 3.63) is 23.3 Å². The first-order valence-electron chi connectivity index (χ1n) is 11.7. The lowest BCUT2D eigenvalue weighted by molar-refractivity contribution is -0.167. The van der Waals surface area contributed by atoms with Gasteiger partial charge in [-0.2, -0.15) is 0 Å². The number of carbonyl (C=O) groups is 1.